The number of ketones is 1. The van der Waals surface area contributed by atoms with Crippen molar-refractivity contribution in [2.45, 2.75) is 64.2 Å². The van der Waals surface area contributed by atoms with Crippen molar-refractivity contribution in [3.05, 3.63) is 0 Å². The highest BCUT2D eigenvalue weighted by Crippen LogP contribution is 2.71. The van der Waals surface area contributed by atoms with Crippen molar-refractivity contribution in [3.8, 4) is 0 Å². The molecular formula is C20H28O. The molecule has 6 saturated carbocycles. The van der Waals surface area contributed by atoms with E-state index >= 15 is 0 Å². The number of Topliss-reactive ketones (excluding diaryl/α,β-unsaturated/α-hetero) is 1. The Morgan fingerprint density at radius 1 is 0.667 bits per heavy atom. The van der Waals surface area contributed by atoms with Crippen LogP contribution in [0.3, 0.4) is 0 Å². The van der Waals surface area contributed by atoms with Gasteiger partial charge >= 0.3 is 0 Å². The van der Waals surface area contributed by atoms with E-state index in [1.54, 1.807) is 0 Å². The van der Waals surface area contributed by atoms with E-state index in [9.17, 15) is 4.79 Å². The summed E-state index contributed by atoms with van der Waals surface area (Å²) in [6, 6.07) is 0. The molecule has 1 spiro atoms. The van der Waals surface area contributed by atoms with E-state index in [-0.39, 0.29) is 5.41 Å². The van der Waals surface area contributed by atoms with Gasteiger partial charge in [0.2, 0.25) is 0 Å². The van der Waals surface area contributed by atoms with Crippen LogP contribution in [0.1, 0.15) is 64.2 Å². The first kappa shape index (κ1) is 12.1. The summed E-state index contributed by atoms with van der Waals surface area (Å²) >= 11 is 0. The van der Waals surface area contributed by atoms with Crippen molar-refractivity contribution in [3.63, 3.8) is 0 Å². The van der Waals surface area contributed by atoms with Gasteiger partial charge in [-0.1, -0.05) is 0 Å². The van der Waals surface area contributed by atoms with Crippen molar-refractivity contribution >= 4 is 5.78 Å². The molecule has 0 unspecified atom stereocenters. The lowest BCUT2D eigenvalue weighted by atomic mass is 9.56. The molecule has 0 aliphatic heterocycles. The van der Waals surface area contributed by atoms with Crippen LogP contribution in [0.4, 0.5) is 0 Å². The number of carbonyl (C=O) groups excluding carboxylic acids is 1. The van der Waals surface area contributed by atoms with Crippen LogP contribution in [0.5, 0.6) is 0 Å². The lowest BCUT2D eigenvalue weighted by molar-refractivity contribution is -0.144. The van der Waals surface area contributed by atoms with Crippen LogP contribution in [0, 0.1) is 52.8 Å². The number of hydrogen-bond donors (Lipinski definition) is 0. The van der Waals surface area contributed by atoms with E-state index in [0.717, 1.165) is 47.2 Å². The zero-order valence-corrected chi connectivity index (χ0v) is 13.1. The van der Waals surface area contributed by atoms with Gasteiger partial charge in [0, 0.05) is 11.3 Å². The summed E-state index contributed by atoms with van der Waals surface area (Å²) in [5.41, 5.74) is 0.190. The largest absolute Gasteiger partial charge is 0.299 e. The van der Waals surface area contributed by atoms with Crippen molar-refractivity contribution in [1.82, 2.24) is 0 Å². The third kappa shape index (κ3) is 1.27. The molecule has 0 aromatic heterocycles. The van der Waals surface area contributed by atoms with Gasteiger partial charge in [-0.15, -0.1) is 0 Å². The van der Waals surface area contributed by atoms with Gasteiger partial charge in [0.1, 0.15) is 5.78 Å². The number of fused-ring (bicyclic) bond motifs is 1. The average Bonchev–Trinajstić information content (AvgIpc) is 3.22. The van der Waals surface area contributed by atoms with Crippen molar-refractivity contribution < 1.29 is 4.79 Å². The molecule has 0 amide bonds. The molecule has 0 N–H and O–H groups in total. The summed E-state index contributed by atoms with van der Waals surface area (Å²) in [5, 5.41) is 0. The summed E-state index contributed by atoms with van der Waals surface area (Å²) in [7, 11) is 0. The summed E-state index contributed by atoms with van der Waals surface area (Å²) in [5.74, 6) is 7.79. The van der Waals surface area contributed by atoms with E-state index in [2.05, 4.69) is 0 Å². The van der Waals surface area contributed by atoms with Crippen LogP contribution < -0.4 is 0 Å². The van der Waals surface area contributed by atoms with E-state index in [0.29, 0.717) is 5.92 Å². The second-order valence-corrected chi connectivity index (χ2v) is 9.65. The predicted molar refractivity (Wildman–Crippen MR) is 81.5 cm³/mol. The van der Waals surface area contributed by atoms with Crippen molar-refractivity contribution in [2.75, 3.05) is 0 Å². The van der Waals surface area contributed by atoms with Gasteiger partial charge in [-0.3, -0.25) is 4.79 Å². The summed E-state index contributed by atoms with van der Waals surface area (Å²) in [6.45, 7) is 0. The molecule has 21 heavy (non-hydrogen) atoms. The summed E-state index contributed by atoms with van der Waals surface area (Å²) in [6.07, 6.45) is 14.0. The highest BCUT2D eigenvalue weighted by atomic mass is 16.1. The summed E-state index contributed by atoms with van der Waals surface area (Å²) in [4.78, 5) is 13.6. The molecule has 6 fully saturated rings. The molecule has 6 rings (SSSR count). The highest BCUT2D eigenvalue weighted by Gasteiger charge is 2.68. The van der Waals surface area contributed by atoms with Gasteiger partial charge in [-0.2, -0.15) is 0 Å². The molecule has 0 heterocycles. The molecule has 6 aliphatic carbocycles. The lowest BCUT2D eigenvalue weighted by Gasteiger charge is -2.46. The maximum Gasteiger partial charge on any atom is 0.142 e. The molecule has 0 bridgehead atoms. The molecule has 1 heteroatoms. The molecular weight excluding hydrogens is 256 g/mol. The lowest BCUT2D eigenvalue weighted by Crippen LogP contribution is -2.48. The quantitative estimate of drug-likeness (QED) is 0.642. The van der Waals surface area contributed by atoms with Crippen LogP contribution >= 0.6 is 0 Å². The Morgan fingerprint density at radius 2 is 1.24 bits per heavy atom. The maximum absolute atomic E-state index is 13.6. The molecule has 0 aromatic rings. The van der Waals surface area contributed by atoms with Crippen molar-refractivity contribution in [2.24, 2.45) is 52.8 Å². The van der Waals surface area contributed by atoms with Gasteiger partial charge in [-0.25, -0.2) is 0 Å². The Hall–Kier alpha value is -0.330. The minimum absolute atomic E-state index is 0.190. The first-order chi connectivity index (χ1) is 10.3. The minimum atomic E-state index is 0.190. The monoisotopic (exact) mass is 284 g/mol. The minimum Gasteiger partial charge on any atom is -0.299 e. The molecule has 9 atom stereocenters. The van der Waals surface area contributed by atoms with Gasteiger partial charge < -0.3 is 0 Å². The van der Waals surface area contributed by atoms with Gasteiger partial charge in [0.05, 0.1) is 0 Å². The van der Waals surface area contributed by atoms with Crippen LogP contribution in [-0.4, -0.2) is 5.78 Å². The van der Waals surface area contributed by atoms with Crippen LogP contribution in [0.25, 0.3) is 0 Å². The Kier molecular flexibility index (Phi) is 2.18. The fraction of sp³-hybridized carbons (Fsp3) is 0.950. The Morgan fingerprint density at radius 3 is 2.05 bits per heavy atom. The zero-order valence-electron chi connectivity index (χ0n) is 13.1. The SMILES string of the molecule is O=C1[C@H]2CC[C@@H]3CC[C@H](C[C@@]14C[C@@H]1CC[C@H]5CC[C@H]4[C@H]51)[C@H]32. The van der Waals surface area contributed by atoms with E-state index in [4.69, 9.17) is 0 Å². The number of carbonyl (C=O) groups is 1. The fourth-order valence-electron chi connectivity index (χ4n) is 9.06. The third-order valence-corrected chi connectivity index (χ3v) is 9.41. The molecule has 114 valence electrons. The zero-order chi connectivity index (χ0) is 13.8. The topological polar surface area (TPSA) is 17.1 Å². The second kappa shape index (κ2) is 3.77. The molecule has 1 nitrogen and oxygen atoms in total. The van der Waals surface area contributed by atoms with Crippen LogP contribution in [-0.2, 0) is 4.79 Å². The first-order valence-corrected chi connectivity index (χ1v) is 9.82. The van der Waals surface area contributed by atoms with Gasteiger partial charge in [-0.05, 0) is 106 Å². The molecule has 0 aromatic carbocycles. The third-order valence-electron chi connectivity index (χ3n) is 9.41. The van der Waals surface area contributed by atoms with Crippen LogP contribution in [0.15, 0.2) is 0 Å². The Bertz CT molecular complexity index is 510. The van der Waals surface area contributed by atoms with Crippen LogP contribution in [0.2, 0.25) is 0 Å². The van der Waals surface area contributed by atoms with E-state index < -0.39 is 0 Å². The van der Waals surface area contributed by atoms with Gasteiger partial charge in [0.15, 0.2) is 0 Å². The fourth-order valence-corrected chi connectivity index (χ4v) is 9.06. The first-order valence-electron chi connectivity index (χ1n) is 9.82. The maximum atomic E-state index is 13.6. The molecule has 6 aliphatic rings. The average molecular weight is 284 g/mol. The Balaban J connectivity index is 1.43. The predicted octanol–water partition coefficient (Wildman–Crippen LogP) is 4.45. The standard InChI is InChI=1S/C20H28O/c21-19-15-7-5-11-1-3-13(17(11)15)9-20(19)10-14-4-2-12-6-8-16(20)18(12)14/h11-18H,1-10H2/t11-,12-,13+,14-,15-,16-,17-,18+,20-/m0/s1. The summed E-state index contributed by atoms with van der Waals surface area (Å²) < 4.78 is 0. The Labute approximate surface area is 128 Å². The van der Waals surface area contributed by atoms with E-state index in [1.807, 2.05) is 0 Å². The molecule has 0 saturated heterocycles. The second-order valence-electron chi connectivity index (χ2n) is 9.65. The van der Waals surface area contributed by atoms with Gasteiger partial charge in [0.25, 0.3) is 0 Å². The smallest absolute Gasteiger partial charge is 0.142 e. The molecule has 0 radical (unpaired) electrons. The van der Waals surface area contributed by atoms with E-state index in [1.165, 1.54) is 64.2 Å². The highest BCUT2D eigenvalue weighted by molar-refractivity contribution is 5.89. The normalized spacial score (nSPS) is 63.5. The number of rotatable bonds is 0. The van der Waals surface area contributed by atoms with Crippen molar-refractivity contribution in [1.29, 1.82) is 0 Å². The number of hydrogen-bond acceptors (Lipinski definition) is 1.